The largest absolute Gasteiger partial charge is 0.440 e. The zero-order valence-corrected chi connectivity index (χ0v) is 16.7. The molecule has 1 aliphatic heterocycles. The van der Waals surface area contributed by atoms with E-state index in [1.807, 2.05) is 94.4 Å². The van der Waals surface area contributed by atoms with Crippen LogP contribution in [0, 0.1) is 0 Å². The average molecular weight is 398 g/mol. The summed E-state index contributed by atoms with van der Waals surface area (Å²) >= 11 is 0. The van der Waals surface area contributed by atoms with Gasteiger partial charge in [0.05, 0.1) is 31.7 Å². The van der Waals surface area contributed by atoms with Crippen molar-refractivity contribution >= 4 is 16.8 Å². The van der Waals surface area contributed by atoms with Crippen LogP contribution in [0.5, 0.6) is 11.6 Å². The van der Waals surface area contributed by atoms with Gasteiger partial charge in [0, 0.05) is 11.1 Å². The quantitative estimate of drug-likeness (QED) is 0.573. The predicted octanol–water partition coefficient (Wildman–Crippen LogP) is 3.44. The molecule has 1 aromatic heterocycles. The molecular formula is C25H24N3O2+. The Bertz CT molecular complexity index is 1160. The fourth-order valence-corrected chi connectivity index (χ4v) is 4.06. The summed E-state index contributed by atoms with van der Waals surface area (Å²) in [5.74, 6) is 1.30. The number of benzene rings is 3. The number of rotatable bonds is 4. The minimum atomic E-state index is 0.0277. The lowest BCUT2D eigenvalue weighted by Crippen LogP contribution is -2.89. The van der Waals surface area contributed by atoms with E-state index >= 15 is 0 Å². The highest BCUT2D eigenvalue weighted by molar-refractivity contribution is 6.10. The Morgan fingerprint density at radius 3 is 2.17 bits per heavy atom. The van der Waals surface area contributed by atoms with E-state index in [9.17, 15) is 4.79 Å². The molecule has 0 bridgehead atoms. The molecule has 0 spiro atoms. The number of carbonyl (C=O) groups excluding carboxylic acids is 1. The van der Waals surface area contributed by atoms with Crippen molar-refractivity contribution in [2.75, 3.05) is 26.2 Å². The van der Waals surface area contributed by atoms with Gasteiger partial charge < -0.3 is 15.0 Å². The number of amides is 1. The van der Waals surface area contributed by atoms with E-state index in [1.165, 1.54) is 0 Å². The normalized spacial score (nSPS) is 14.1. The van der Waals surface area contributed by atoms with Crippen LogP contribution in [0.3, 0.4) is 0 Å². The second-order valence-electron chi connectivity index (χ2n) is 7.44. The van der Waals surface area contributed by atoms with Crippen molar-refractivity contribution in [1.82, 2.24) is 9.47 Å². The highest BCUT2D eigenvalue weighted by Crippen LogP contribution is 2.38. The van der Waals surface area contributed by atoms with Gasteiger partial charge in [-0.2, -0.15) is 0 Å². The van der Waals surface area contributed by atoms with Crippen molar-refractivity contribution in [3.05, 3.63) is 90.5 Å². The number of hydrogen-bond donors (Lipinski definition) is 1. The molecule has 0 atom stereocenters. The van der Waals surface area contributed by atoms with Gasteiger partial charge in [-0.05, 0) is 30.3 Å². The first-order valence-electron chi connectivity index (χ1n) is 10.4. The summed E-state index contributed by atoms with van der Waals surface area (Å²) in [4.78, 5) is 15.6. The topological polar surface area (TPSA) is 51.1 Å². The number of para-hydroxylation sites is 3. The van der Waals surface area contributed by atoms with Crippen LogP contribution in [-0.2, 0) is 0 Å². The first kappa shape index (κ1) is 18.5. The maximum atomic E-state index is 13.7. The Balaban J connectivity index is 1.75. The van der Waals surface area contributed by atoms with Crippen LogP contribution in [0.2, 0.25) is 0 Å². The second-order valence-corrected chi connectivity index (χ2v) is 7.44. The predicted molar refractivity (Wildman–Crippen MR) is 117 cm³/mol. The lowest BCUT2D eigenvalue weighted by atomic mass is 10.1. The number of fused-ring (bicyclic) bond motifs is 1. The van der Waals surface area contributed by atoms with E-state index in [1.54, 1.807) is 0 Å². The number of nitrogens with two attached hydrogens (primary N) is 1. The van der Waals surface area contributed by atoms with Gasteiger partial charge in [-0.3, -0.25) is 9.36 Å². The van der Waals surface area contributed by atoms with Crippen LogP contribution in [0.25, 0.3) is 16.6 Å². The maximum absolute atomic E-state index is 13.7. The third-order valence-corrected chi connectivity index (χ3v) is 5.51. The van der Waals surface area contributed by atoms with Crippen molar-refractivity contribution in [2.45, 2.75) is 0 Å². The van der Waals surface area contributed by atoms with Crippen molar-refractivity contribution < 1.29 is 14.8 Å². The van der Waals surface area contributed by atoms with Gasteiger partial charge in [-0.15, -0.1) is 0 Å². The molecule has 150 valence electrons. The van der Waals surface area contributed by atoms with Gasteiger partial charge in [-0.1, -0.05) is 54.6 Å². The summed E-state index contributed by atoms with van der Waals surface area (Å²) < 4.78 is 8.45. The molecule has 2 heterocycles. The molecule has 1 amide bonds. The lowest BCUT2D eigenvalue weighted by Gasteiger charge is -2.25. The highest BCUT2D eigenvalue weighted by atomic mass is 16.5. The smallest absolute Gasteiger partial charge is 0.260 e. The van der Waals surface area contributed by atoms with E-state index in [0.29, 0.717) is 17.2 Å². The number of carbonyl (C=O) groups is 1. The Morgan fingerprint density at radius 1 is 0.800 bits per heavy atom. The lowest BCUT2D eigenvalue weighted by molar-refractivity contribution is -0.661. The van der Waals surface area contributed by atoms with Gasteiger partial charge in [0.2, 0.25) is 5.88 Å². The van der Waals surface area contributed by atoms with Gasteiger partial charge in [-0.25, -0.2) is 0 Å². The summed E-state index contributed by atoms with van der Waals surface area (Å²) in [5.41, 5.74) is 2.55. The third-order valence-electron chi connectivity index (χ3n) is 5.51. The van der Waals surface area contributed by atoms with Crippen molar-refractivity contribution in [2.24, 2.45) is 0 Å². The molecule has 1 saturated heterocycles. The number of nitrogens with zero attached hydrogens (tertiary/aromatic N) is 2. The van der Waals surface area contributed by atoms with Gasteiger partial charge in [0.25, 0.3) is 5.91 Å². The average Bonchev–Trinajstić information content (AvgIpc) is 3.14. The molecule has 1 aliphatic rings. The van der Waals surface area contributed by atoms with E-state index in [-0.39, 0.29) is 5.91 Å². The summed E-state index contributed by atoms with van der Waals surface area (Å²) in [6.07, 6.45) is 0. The zero-order chi connectivity index (χ0) is 20.3. The molecule has 0 radical (unpaired) electrons. The van der Waals surface area contributed by atoms with E-state index < -0.39 is 0 Å². The van der Waals surface area contributed by atoms with Crippen molar-refractivity contribution in [3.8, 4) is 17.3 Å². The monoisotopic (exact) mass is 398 g/mol. The Morgan fingerprint density at radius 2 is 1.43 bits per heavy atom. The molecule has 1 fully saturated rings. The van der Waals surface area contributed by atoms with Crippen molar-refractivity contribution in [1.29, 1.82) is 0 Å². The van der Waals surface area contributed by atoms with E-state index in [4.69, 9.17) is 4.74 Å². The fourth-order valence-electron chi connectivity index (χ4n) is 4.06. The number of quaternary nitrogens is 1. The third kappa shape index (κ3) is 3.33. The molecule has 4 aromatic rings. The van der Waals surface area contributed by atoms with Crippen LogP contribution in [0.1, 0.15) is 10.4 Å². The number of piperazine rings is 1. The first-order chi connectivity index (χ1) is 14.8. The fraction of sp³-hybridized carbons (Fsp3) is 0.160. The van der Waals surface area contributed by atoms with Gasteiger partial charge >= 0.3 is 0 Å². The molecule has 5 rings (SSSR count). The van der Waals surface area contributed by atoms with Crippen LogP contribution in [-0.4, -0.2) is 41.6 Å². The summed E-state index contributed by atoms with van der Waals surface area (Å²) in [6.45, 7) is 3.35. The number of aromatic nitrogens is 1. The zero-order valence-electron chi connectivity index (χ0n) is 16.7. The van der Waals surface area contributed by atoms with Crippen LogP contribution < -0.4 is 10.1 Å². The minimum Gasteiger partial charge on any atom is -0.440 e. The molecule has 5 heteroatoms. The van der Waals surface area contributed by atoms with Crippen LogP contribution >= 0.6 is 0 Å². The minimum absolute atomic E-state index is 0.0277. The summed E-state index contributed by atoms with van der Waals surface area (Å²) in [7, 11) is 0. The standard InChI is InChI=1S/C25H23N3O2/c29-24(27-17-15-26-16-18-27)23-21-13-7-8-14-22(21)28(19-9-3-1-4-10-19)25(23)30-20-11-5-2-6-12-20/h1-14,26H,15-18H2/p+1. The van der Waals surface area contributed by atoms with Crippen molar-refractivity contribution in [3.63, 3.8) is 0 Å². The number of ether oxygens (including phenoxy) is 1. The molecular weight excluding hydrogens is 374 g/mol. The Kier molecular flexibility index (Phi) is 4.95. The molecule has 2 N–H and O–H groups in total. The van der Waals surface area contributed by atoms with Crippen LogP contribution in [0.4, 0.5) is 0 Å². The SMILES string of the molecule is O=C(c1c(Oc2ccccc2)n(-c2ccccc2)c2ccccc12)N1CC[NH2+]CC1. The van der Waals surface area contributed by atoms with Crippen LogP contribution in [0.15, 0.2) is 84.9 Å². The Hall–Kier alpha value is -3.57. The highest BCUT2D eigenvalue weighted by Gasteiger charge is 2.30. The number of hydrogen-bond acceptors (Lipinski definition) is 2. The molecule has 30 heavy (non-hydrogen) atoms. The van der Waals surface area contributed by atoms with Gasteiger partial charge in [0.15, 0.2) is 0 Å². The molecule has 3 aromatic carbocycles. The first-order valence-corrected chi connectivity index (χ1v) is 10.4. The van der Waals surface area contributed by atoms with E-state index in [0.717, 1.165) is 42.8 Å². The molecule has 5 nitrogen and oxygen atoms in total. The Labute approximate surface area is 175 Å². The van der Waals surface area contributed by atoms with Gasteiger partial charge in [0.1, 0.15) is 11.3 Å². The summed E-state index contributed by atoms with van der Waals surface area (Å²) in [5, 5.41) is 3.16. The van der Waals surface area contributed by atoms with E-state index in [2.05, 4.69) is 5.32 Å². The molecule has 0 saturated carbocycles. The maximum Gasteiger partial charge on any atom is 0.260 e. The molecule has 0 aliphatic carbocycles. The molecule has 0 unspecified atom stereocenters. The second kappa shape index (κ2) is 8.05. The summed E-state index contributed by atoms with van der Waals surface area (Å²) in [6, 6.07) is 27.7.